The van der Waals surface area contributed by atoms with Crippen molar-refractivity contribution in [3.05, 3.63) is 0 Å². The van der Waals surface area contributed by atoms with Crippen LogP contribution in [-0.2, 0) is 14.3 Å². The van der Waals surface area contributed by atoms with Crippen LogP contribution in [-0.4, -0.2) is 60.3 Å². The molecule has 1 saturated heterocycles. The summed E-state index contributed by atoms with van der Waals surface area (Å²) in [5.74, 6) is -1.32. The summed E-state index contributed by atoms with van der Waals surface area (Å²) in [5.41, 5.74) is 0. The Morgan fingerprint density at radius 1 is 1.42 bits per heavy atom. The molecule has 1 aliphatic rings. The summed E-state index contributed by atoms with van der Waals surface area (Å²) >= 11 is 0. The number of ether oxygens (including phenoxy) is 1. The minimum absolute atomic E-state index is 0.000703. The van der Waals surface area contributed by atoms with Gasteiger partial charge in [0.1, 0.15) is 0 Å². The lowest BCUT2D eigenvalue weighted by Crippen LogP contribution is -2.44. The van der Waals surface area contributed by atoms with Crippen molar-refractivity contribution in [1.82, 2.24) is 10.2 Å². The minimum atomic E-state index is -0.826. The number of aliphatic carboxylic acids is 1. The van der Waals surface area contributed by atoms with Gasteiger partial charge in [-0.1, -0.05) is 6.92 Å². The standard InChI is InChI=1S/C13H24N2O4/c1-4-15(6-5-12(16)14-9(2)3)11-8-19-7-10(11)13(17)18/h9-11H,4-8H2,1-3H3,(H,14,16)(H,17,18). The molecule has 2 N–H and O–H groups in total. The molecule has 0 spiro atoms. The maximum absolute atomic E-state index is 11.6. The Labute approximate surface area is 114 Å². The third-order valence-electron chi connectivity index (χ3n) is 3.32. The van der Waals surface area contributed by atoms with Crippen LogP contribution in [0.5, 0.6) is 0 Å². The van der Waals surface area contributed by atoms with Gasteiger partial charge in [-0.25, -0.2) is 0 Å². The smallest absolute Gasteiger partial charge is 0.310 e. The summed E-state index contributed by atoms with van der Waals surface area (Å²) < 4.78 is 5.26. The summed E-state index contributed by atoms with van der Waals surface area (Å²) in [6.45, 7) is 7.77. The molecule has 1 fully saturated rings. The predicted molar refractivity (Wildman–Crippen MR) is 70.9 cm³/mol. The normalized spacial score (nSPS) is 23.0. The zero-order chi connectivity index (χ0) is 14.4. The molecule has 6 nitrogen and oxygen atoms in total. The first-order valence-corrected chi connectivity index (χ1v) is 6.79. The largest absolute Gasteiger partial charge is 0.481 e. The van der Waals surface area contributed by atoms with E-state index >= 15 is 0 Å². The van der Waals surface area contributed by atoms with Crippen molar-refractivity contribution in [3.8, 4) is 0 Å². The number of carbonyl (C=O) groups is 2. The van der Waals surface area contributed by atoms with Gasteiger partial charge in [-0.3, -0.25) is 14.5 Å². The van der Waals surface area contributed by atoms with Crippen LogP contribution >= 0.6 is 0 Å². The number of nitrogens with one attached hydrogen (secondary N) is 1. The van der Waals surface area contributed by atoms with Crippen molar-refractivity contribution in [2.45, 2.75) is 39.3 Å². The van der Waals surface area contributed by atoms with Crippen molar-refractivity contribution in [1.29, 1.82) is 0 Å². The van der Waals surface area contributed by atoms with E-state index in [-0.39, 0.29) is 24.6 Å². The number of carboxylic acid groups (broad SMARTS) is 1. The van der Waals surface area contributed by atoms with Crippen LogP contribution in [0.1, 0.15) is 27.2 Å². The van der Waals surface area contributed by atoms with Gasteiger partial charge >= 0.3 is 5.97 Å². The number of nitrogens with zero attached hydrogens (tertiary/aromatic N) is 1. The highest BCUT2D eigenvalue weighted by atomic mass is 16.5. The molecule has 0 aromatic rings. The van der Waals surface area contributed by atoms with Gasteiger partial charge in [-0.2, -0.15) is 0 Å². The van der Waals surface area contributed by atoms with E-state index < -0.39 is 11.9 Å². The molecule has 0 bridgehead atoms. The lowest BCUT2D eigenvalue weighted by Gasteiger charge is -2.28. The lowest BCUT2D eigenvalue weighted by atomic mass is 10.0. The third kappa shape index (κ3) is 4.80. The Kier molecular flexibility index (Phi) is 6.24. The summed E-state index contributed by atoms with van der Waals surface area (Å²) in [6, 6.07) is -0.00138. The number of carbonyl (C=O) groups excluding carboxylic acids is 1. The predicted octanol–water partition coefficient (Wildman–Crippen LogP) is 0.323. The Balaban J connectivity index is 2.49. The molecule has 0 aromatic heterocycles. The van der Waals surface area contributed by atoms with E-state index in [1.165, 1.54) is 0 Å². The summed E-state index contributed by atoms with van der Waals surface area (Å²) in [7, 11) is 0. The van der Waals surface area contributed by atoms with Crippen LogP contribution in [0.4, 0.5) is 0 Å². The Hall–Kier alpha value is -1.14. The number of likely N-dealkylation sites (N-methyl/N-ethyl adjacent to an activating group) is 1. The zero-order valence-corrected chi connectivity index (χ0v) is 11.9. The second-order valence-corrected chi connectivity index (χ2v) is 5.15. The van der Waals surface area contributed by atoms with Gasteiger partial charge in [-0.15, -0.1) is 0 Å². The molecule has 110 valence electrons. The van der Waals surface area contributed by atoms with Crippen molar-refractivity contribution in [3.63, 3.8) is 0 Å². The molecule has 6 heteroatoms. The second kappa shape index (κ2) is 7.45. The Bertz CT molecular complexity index is 320. The van der Waals surface area contributed by atoms with Crippen molar-refractivity contribution in [2.24, 2.45) is 5.92 Å². The molecule has 0 radical (unpaired) electrons. The van der Waals surface area contributed by atoms with E-state index in [4.69, 9.17) is 9.84 Å². The number of rotatable bonds is 7. The first kappa shape index (κ1) is 15.9. The molecular formula is C13H24N2O4. The minimum Gasteiger partial charge on any atom is -0.481 e. The molecule has 0 aliphatic carbocycles. The average Bonchev–Trinajstić information content (AvgIpc) is 2.78. The van der Waals surface area contributed by atoms with Crippen molar-refractivity contribution in [2.75, 3.05) is 26.3 Å². The van der Waals surface area contributed by atoms with Crippen molar-refractivity contribution >= 4 is 11.9 Å². The quantitative estimate of drug-likeness (QED) is 0.698. The van der Waals surface area contributed by atoms with Gasteiger partial charge in [0.15, 0.2) is 0 Å². The second-order valence-electron chi connectivity index (χ2n) is 5.15. The topological polar surface area (TPSA) is 78.9 Å². The van der Waals surface area contributed by atoms with Gasteiger partial charge in [-0.05, 0) is 20.4 Å². The van der Waals surface area contributed by atoms with E-state index in [1.807, 2.05) is 25.7 Å². The maximum Gasteiger partial charge on any atom is 0.310 e. The Morgan fingerprint density at radius 3 is 2.63 bits per heavy atom. The van der Waals surface area contributed by atoms with Crippen LogP contribution in [0, 0.1) is 5.92 Å². The van der Waals surface area contributed by atoms with Crippen LogP contribution in [0.3, 0.4) is 0 Å². The molecule has 1 aliphatic heterocycles. The van der Waals surface area contributed by atoms with Gasteiger partial charge in [0.2, 0.25) is 5.91 Å². The fourth-order valence-electron chi connectivity index (χ4n) is 2.34. The SMILES string of the molecule is CCN(CCC(=O)NC(C)C)C1COCC1C(=O)O. The average molecular weight is 272 g/mol. The number of amides is 1. The highest BCUT2D eigenvalue weighted by Crippen LogP contribution is 2.20. The summed E-state index contributed by atoms with van der Waals surface area (Å²) in [5, 5.41) is 12.0. The molecule has 1 heterocycles. The zero-order valence-electron chi connectivity index (χ0n) is 11.9. The van der Waals surface area contributed by atoms with E-state index in [0.29, 0.717) is 26.1 Å². The lowest BCUT2D eigenvalue weighted by molar-refractivity contribution is -0.143. The van der Waals surface area contributed by atoms with E-state index in [1.54, 1.807) is 0 Å². The molecule has 19 heavy (non-hydrogen) atoms. The molecule has 1 amide bonds. The molecule has 2 unspecified atom stereocenters. The summed E-state index contributed by atoms with van der Waals surface area (Å²) in [4.78, 5) is 24.8. The molecule has 1 rings (SSSR count). The van der Waals surface area contributed by atoms with Gasteiger partial charge < -0.3 is 15.2 Å². The fraction of sp³-hybridized carbons (Fsp3) is 0.846. The first-order chi connectivity index (χ1) is 8.95. The van der Waals surface area contributed by atoms with Crippen LogP contribution in [0.15, 0.2) is 0 Å². The van der Waals surface area contributed by atoms with Crippen molar-refractivity contribution < 1.29 is 19.4 Å². The highest BCUT2D eigenvalue weighted by Gasteiger charge is 2.37. The van der Waals surface area contributed by atoms with Crippen LogP contribution < -0.4 is 5.32 Å². The van der Waals surface area contributed by atoms with Crippen LogP contribution in [0.25, 0.3) is 0 Å². The third-order valence-corrected chi connectivity index (χ3v) is 3.32. The number of hydrogen-bond acceptors (Lipinski definition) is 4. The fourth-order valence-corrected chi connectivity index (χ4v) is 2.34. The van der Waals surface area contributed by atoms with Crippen LogP contribution in [0.2, 0.25) is 0 Å². The molecule has 0 aromatic carbocycles. The van der Waals surface area contributed by atoms with Gasteiger partial charge in [0.25, 0.3) is 0 Å². The molecule has 2 atom stereocenters. The van der Waals surface area contributed by atoms with Gasteiger partial charge in [0.05, 0.1) is 19.1 Å². The number of carboxylic acids is 1. The first-order valence-electron chi connectivity index (χ1n) is 6.79. The van der Waals surface area contributed by atoms with E-state index in [2.05, 4.69) is 5.32 Å². The monoisotopic (exact) mass is 272 g/mol. The highest BCUT2D eigenvalue weighted by molar-refractivity contribution is 5.76. The Morgan fingerprint density at radius 2 is 2.11 bits per heavy atom. The van der Waals surface area contributed by atoms with Gasteiger partial charge in [0, 0.05) is 25.0 Å². The number of hydrogen-bond donors (Lipinski definition) is 2. The molecule has 0 saturated carbocycles. The molecular weight excluding hydrogens is 248 g/mol. The summed E-state index contributed by atoms with van der Waals surface area (Å²) in [6.07, 6.45) is 0.384. The maximum atomic E-state index is 11.6. The van der Waals surface area contributed by atoms with E-state index in [0.717, 1.165) is 0 Å². The van der Waals surface area contributed by atoms with E-state index in [9.17, 15) is 9.59 Å².